The van der Waals surface area contributed by atoms with Gasteiger partial charge < -0.3 is 10.1 Å². The average molecular weight is 379 g/mol. The quantitative estimate of drug-likeness (QED) is 0.572. The summed E-state index contributed by atoms with van der Waals surface area (Å²) in [4.78, 5) is 14.3. The number of nitrogens with zero attached hydrogens (tertiary/aromatic N) is 3. The summed E-state index contributed by atoms with van der Waals surface area (Å²) in [5, 5.41) is 23.4. The van der Waals surface area contributed by atoms with E-state index in [0.717, 1.165) is 27.7 Å². The second-order valence-electron chi connectivity index (χ2n) is 6.12. The van der Waals surface area contributed by atoms with E-state index in [-0.39, 0.29) is 16.4 Å². The summed E-state index contributed by atoms with van der Waals surface area (Å²) in [6, 6.07) is 15.4. The molecule has 2 aromatic carbocycles. The zero-order valence-electron chi connectivity index (χ0n) is 14.5. The number of benzene rings is 2. The van der Waals surface area contributed by atoms with Crippen molar-refractivity contribution in [2.75, 3.05) is 0 Å². The highest BCUT2D eigenvalue weighted by Gasteiger charge is 2.23. The number of aromatic amines is 1. The molecule has 27 heavy (non-hydrogen) atoms. The van der Waals surface area contributed by atoms with Crippen LogP contribution in [0.25, 0.3) is 10.9 Å². The molecule has 7 nitrogen and oxygen atoms in total. The number of hydrogen-bond acceptors (Lipinski definition) is 6. The molecule has 1 unspecified atom stereocenters. The third kappa shape index (κ3) is 3.56. The standard InChI is InChI=1S/C19H17N5O2S/c1-11-16(23-24-19(26)27-11)13-7-8-15-14(9-13)17(18(25)21-15)22-20-10-12-5-3-2-4-6-12/h2-9,11,21,25H,10H2,1H3,(H,24,26). The molecular weight excluding hydrogens is 362 g/mol. The first kappa shape index (κ1) is 17.3. The lowest BCUT2D eigenvalue weighted by molar-refractivity contribution is 0.261. The van der Waals surface area contributed by atoms with Gasteiger partial charge in [0.15, 0.2) is 5.69 Å². The highest BCUT2D eigenvalue weighted by atomic mass is 32.2. The SMILES string of the molecule is CC1SC(=O)NN=C1c1ccc2[nH]c(O)c(N=NCc3ccccc3)c2c1. The molecule has 3 N–H and O–H groups in total. The van der Waals surface area contributed by atoms with Crippen molar-refractivity contribution in [3.8, 4) is 5.88 Å². The van der Waals surface area contributed by atoms with Gasteiger partial charge in [-0.15, -0.1) is 5.11 Å². The second kappa shape index (κ2) is 7.24. The maximum atomic E-state index is 11.4. The zero-order chi connectivity index (χ0) is 18.8. The van der Waals surface area contributed by atoms with Gasteiger partial charge in [0.05, 0.1) is 23.0 Å². The van der Waals surface area contributed by atoms with Crippen LogP contribution in [0, 0.1) is 0 Å². The summed E-state index contributed by atoms with van der Waals surface area (Å²) in [6.45, 7) is 2.36. The monoisotopic (exact) mass is 379 g/mol. The van der Waals surface area contributed by atoms with Crippen LogP contribution in [0.15, 0.2) is 63.9 Å². The van der Waals surface area contributed by atoms with Crippen LogP contribution >= 0.6 is 11.8 Å². The highest BCUT2D eigenvalue weighted by molar-refractivity contribution is 8.14. The predicted octanol–water partition coefficient (Wildman–Crippen LogP) is 4.71. The summed E-state index contributed by atoms with van der Waals surface area (Å²) in [5.74, 6) is -0.0275. The van der Waals surface area contributed by atoms with Gasteiger partial charge in [0, 0.05) is 5.39 Å². The molecule has 0 saturated carbocycles. The van der Waals surface area contributed by atoms with Crippen molar-refractivity contribution < 1.29 is 9.90 Å². The lowest BCUT2D eigenvalue weighted by Gasteiger charge is -2.18. The topological polar surface area (TPSA) is 102 Å². The van der Waals surface area contributed by atoms with E-state index in [0.29, 0.717) is 12.2 Å². The normalized spacial score (nSPS) is 17.3. The summed E-state index contributed by atoms with van der Waals surface area (Å²) in [6.07, 6.45) is 0. The number of amides is 1. The Bertz CT molecular complexity index is 1060. The van der Waals surface area contributed by atoms with Gasteiger partial charge >= 0.3 is 0 Å². The van der Waals surface area contributed by atoms with Gasteiger partial charge in [-0.1, -0.05) is 48.2 Å². The number of azo groups is 1. The number of aromatic nitrogens is 1. The molecule has 1 aliphatic rings. The fraction of sp³-hybridized carbons (Fsp3) is 0.158. The number of nitrogens with one attached hydrogen (secondary N) is 2. The second-order valence-corrected chi connectivity index (χ2v) is 7.44. The Morgan fingerprint density at radius 3 is 2.81 bits per heavy atom. The molecule has 0 fully saturated rings. The summed E-state index contributed by atoms with van der Waals surface area (Å²) >= 11 is 1.19. The Balaban J connectivity index is 1.67. The Labute approximate surface area is 159 Å². The molecule has 8 heteroatoms. The van der Waals surface area contributed by atoms with Gasteiger partial charge in [-0.25, -0.2) is 5.43 Å². The Kier molecular flexibility index (Phi) is 4.64. The maximum Gasteiger partial charge on any atom is 0.299 e. The molecule has 1 amide bonds. The molecule has 0 radical (unpaired) electrons. The van der Waals surface area contributed by atoms with Crippen molar-refractivity contribution >= 4 is 39.3 Å². The highest BCUT2D eigenvalue weighted by Crippen LogP contribution is 2.36. The van der Waals surface area contributed by atoms with Crippen LogP contribution in [0.1, 0.15) is 18.1 Å². The molecular formula is C19H17N5O2S. The molecule has 1 aliphatic heterocycles. The molecule has 2 heterocycles. The minimum Gasteiger partial charge on any atom is -0.493 e. The van der Waals surface area contributed by atoms with Crippen molar-refractivity contribution in [1.29, 1.82) is 0 Å². The maximum absolute atomic E-state index is 11.4. The van der Waals surface area contributed by atoms with E-state index in [4.69, 9.17) is 0 Å². The van der Waals surface area contributed by atoms with Gasteiger partial charge in [-0.3, -0.25) is 4.79 Å². The minimum atomic E-state index is -0.165. The van der Waals surface area contributed by atoms with Gasteiger partial charge in [-0.05, 0) is 30.2 Å². The van der Waals surface area contributed by atoms with Crippen LogP contribution in [0.5, 0.6) is 5.88 Å². The van der Waals surface area contributed by atoms with Crippen molar-refractivity contribution in [2.24, 2.45) is 15.3 Å². The van der Waals surface area contributed by atoms with Gasteiger partial charge in [0.25, 0.3) is 5.24 Å². The first-order valence-corrected chi connectivity index (χ1v) is 9.30. The van der Waals surface area contributed by atoms with E-state index >= 15 is 0 Å². The first-order valence-electron chi connectivity index (χ1n) is 8.42. The number of hydrogen-bond donors (Lipinski definition) is 3. The number of carbonyl (C=O) groups is 1. The van der Waals surface area contributed by atoms with Crippen LogP contribution in [0.2, 0.25) is 0 Å². The number of aromatic hydroxyl groups is 1. The van der Waals surface area contributed by atoms with Crippen molar-refractivity contribution in [1.82, 2.24) is 10.4 Å². The van der Waals surface area contributed by atoms with Crippen LogP contribution in [-0.4, -0.2) is 26.3 Å². The molecule has 3 aromatic rings. The largest absolute Gasteiger partial charge is 0.493 e. The van der Waals surface area contributed by atoms with Gasteiger partial charge in [0.2, 0.25) is 5.88 Å². The van der Waals surface area contributed by atoms with Crippen LogP contribution in [-0.2, 0) is 6.54 Å². The van der Waals surface area contributed by atoms with E-state index in [2.05, 4.69) is 25.7 Å². The molecule has 0 saturated heterocycles. The molecule has 0 spiro atoms. The first-order chi connectivity index (χ1) is 13.1. The molecule has 1 aromatic heterocycles. The average Bonchev–Trinajstić information content (AvgIpc) is 2.97. The molecule has 1 atom stereocenters. The van der Waals surface area contributed by atoms with Crippen molar-refractivity contribution in [3.05, 3.63) is 59.7 Å². The van der Waals surface area contributed by atoms with Crippen molar-refractivity contribution in [3.63, 3.8) is 0 Å². The molecule has 4 rings (SSSR count). The third-order valence-corrected chi connectivity index (χ3v) is 5.13. The smallest absolute Gasteiger partial charge is 0.299 e. The predicted molar refractivity (Wildman–Crippen MR) is 107 cm³/mol. The molecule has 0 bridgehead atoms. The van der Waals surface area contributed by atoms with Crippen molar-refractivity contribution in [2.45, 2.75) is 18.7 Å². The zero-order valence-corrected chi connectivity index (χ0v) is 15.3. The van der Waals surface area contributed by atoms with E-state index < -0.39 is 0 Å². The molecule has 0 aliphatic carbocycles. The number of fused-ring (bicyclic) bond motifs is 1. The van der Waals surface area contributed by atoms with Gasteiger partial charge in [-0.2, -0.15) is 10.2 Å². The van der Waals surface area contributed by atoms with Crippen LogP contribution in [0.3, 0.4) is 0 Å². The fourth-order valence-electron chi connectivity index (χ4n) is 2.93. The fourth-order valence-corrected chi connectivity index (χ4v) is 3.65. The number of rotatable bonds is 4. The summed E-state index contributed by atoms with van der Waals surface area (Å²) < 4.78 is 0. The summed E-state index contributed by atoms with van der Waals surface area (Å²) in [5.41, 5.74) is 6.32. The number of H-pyrrole nitrogens is 1. The van der Waals surface area contributed by atoms with E-state index in [9.17, 15) is 9.90 Å². The Hall–Kier alpha value is -3.13. The van der Waals surface area contributed by atoms with E-state index in [1.54, 1.807) is 0 Å². The summed E-state index contributed by atoms with van der Waals surface area (Å²) in [7, 11) is 0. The van der Waals surface area contributed by atoms with E-state index in [1.807, 2.05) is 55.5 Å². The van der Waals surface area contributed by atoms with Gasteiger partial charge in [0.1, 0.15) is 0 Å². The number of thioether (sulfide) groups is 1. The van der Waals surface area contributed by atoms with Crippen LogP contribution < -0.4 is 5.43 Å². The van der Waals surface area contributed by atoms with E-state index in [1.165, 1.54) is 11.8 Å². The van der Waals surface area contributed by atoms with Crippen LogP contribution in [0.4, 0.5) is 10.5 Å². The lowest BCUT2D eigenvalue weighted by Crippen LogP contribution is -2.29. The number of carbonyl (C=O) groups excluding carboxylic acids is 1. The number of hydrazone groups is 1. The third-order valence-electron chi connectivity index (χ3n) is 4.25. The minimum absolute atomic E-state index is 0.0275. The lowest BCUT2D eigenvalue weighted by atomic mass is 10.1. The Morgan fingerprint density at radius 2 is 2.04 bits per heavy atom. The Morgan fingerprint density at radius 1 is 1.22 bits per heavy atom. The molecule has 136 valence electrons.